The van der Waals surface area contributed by atoms with E-state index in [1.165, 1.54) is 18.7 Å². The third kappa shape index (κ3) is 5.67. The number of ether oxygens (including phenoxy) is 3. The van der Waals surface area contributed by atoms with E-state index in [2.05, 4.69) is 22.3 Å². The summed E-state index contributed by atoms with van der Waals surface area (Å²) in [4.78, 5) is 27.2. The maximum absolute atomic E-state index is 12.6. The smallest absolute Gasteiger partial charge is 0.338 e. The maximum atomic E-state index is 12.6. The fourth-order valence-corrected chi connectivity index (χ4v) is 4.91. The summed E-state index contributed by atoms with van der Waals surface area (Å²) < 4.78 is 17.9. The van der Waals surface area contributed by atoms with Crippen LogP contribution in [0.2, 0.25) is 0 Å². The Kier molecular flexibility index (Phi) is 8.51. The van der Waals surface area contributed by atoms with E-state index in [1.54, 1.807) is 22.8 Å². The summed E-state index contributed by atoms with van der Waals surface area (Å²) >= 11 is 0. The van der Waals surface area contributed by atoms with Crippen molar-refractivity contribution in [3.63, 3.8) is 0 Å². The van der Waals surface area contributed by atoms with Gasteiger partial charge in [-0.3, -0.25) is 4.79 Å². The first-order chi connectivity index (χ1) is 17.1. The molecular formula is C27H32ClN3O5. The molecule has 1 aromatic heterocycles. The Labute approximate surface area is 216 Å². The summed E-state index contributed by atoms with van der Waals surface area (Å²) in [5.74, 6) is 1.25. The topological polar surface area (TPSA) is 82.0 Å². The molecule has 0 atom stereocenters. The number of piperidine rings is 1. The fourth-order valence-electron chi connectivity index (χ4n) is 4.91. The molecule has 36 heavy (non-hydrogen) atoms. The average molecular weight is 514 g/mol. The molecule has 1 fully saturated rings. The Hall–Kier alpha value is -3.07. The lowest BCUT2D eigenvalue weighted by Gasteiger charge is -2.32. The van der Waals surface area contributed by atoms with Gasteiger partial charge in [0.15, 0.2) is 11.5 Å². The Bertz CT molecular complexity index is 1270. The molecular weight excluding hydrogens is 482 g/mol. The molecule has 0 aliphatic carbocycles. The van der Waals surface area contributed by atoms with Crippen LogP contribution in [0.1, 0.15) is 28.8 Å². The van der Waals surface area contributed by atoms with Gasteiger partial charge in [0.2, 0.25) is 0 Å². The van der Waals surface area contributed by atoms with Gasteiger partial charge < -0.3 is 29.0 Å². The highest BCUT2D eigenvalue weighted by atomic mass is 35.5. The first-order valence-corrected chi connectivity index (χ1v) is 12.2. The van der Waals surface area contributed by atoms with E-state index in [-0.39, 0.29) is 18.0 Å². The van der Waals surface area contributed by atoms with E-state index in [1.807, 2.05) is 12.1 Å². The molecule has 0 amide bonds. The van der Waals surface area contributed by atoms with Crippen LogP contribution in [0.4, 0.5) is 0 Å². The van der Waals surface area contributed by atoms with Gasteiger partial charge in [-0.2, -0.15) is 0 Å². The van der Waals surface area contributed by atoms with Crippen LogP contribution in [0.3, 0.4) is 0 Å². The van der Waals surface area contributed by atoms with Gasteiger partial charge in [0.25, 0.3) is 5.56 Å². The minimum Gasteiger partial charge on any atom is -0.486 e. The zero-order valence-electron chi connectivity index (χ0n) is 20.4. The number of methoxy groups -OCH3 is 1. The van der Waals surface area contributed by atoms with Crippen LogP contribution >= 0.6 is 12.4 Å². The summed E-state index contributed by atoms with van der Waals surface area (Å²) in [5, 5.41) is 4.41. The van der Waals surface area contributed by atoms with E-state index in [4.69, 9.17) is 14.2 Å². The second-order valence-corrected chi connectivity index (χ2v) is 9.03. The van der Waals surface area contributed by atoms with Gasteiger partial charge in [-0.1, -0.05) is 12.1 Å². The van der Waals surface area contributed by atoms with Crippen molar-refractivity contribution in [2.45, 2.75) is 32.0 Å². The molecule has 1 saturated heterocycles. The minimum atomic E-state index is -0.397. The van der Waals surface area contributed by atoms with E-state index in [0.717, 1.165) is 61.4 Å². The lowest BCUT2D eigenvalue weighted by atomic mass is 10.0. The fraction of sp³-hybridized carbons (Fsp3) is 0.407. The number of likely N-dealkylation sites (tertiary alicyclic amines) is 1. The number of rotatable bonds is 7. The minimum absolute atomic E-state index is 0. The standard InChI is InChI=1S/C27H31N3O5.ClH/c1-33-27(32)22-3-2-4-23-21(22)6-8-26(31)30(23)14-13-29-11-9-20(10-12-29)28-18-19-5-7-24-25(17-19)35-16-15-34-24;/h2-8,17,20,28H,9-16,18H2,1H3;1H. The molecule has 0 saturated carbocycles. The van der Waals surface area contributed by atoms with Gasteiger partial charge in [-0.25, -0.2) is 4.79 Å². The number of hydrogen-bond donors (Lipinski definition) is 1. The first kappa shape index (κ1) is 26.0. The molecule has 5 rings (SSSR count). The summed E-state index contributed by atoms with van der Waals surface area (Å²) in [6, 6.07) is 15.2. The molecule has 1 N–H and O–H groups in total. The maximum Gasteiger partial charge on any atom is 0.338 e. The average Bonchev–Trinajstić information content (AvgIpc) is 2.91. The van der Waals surface area contributed by atoms with Crippen molar-refractivity contribution in [3.8, 4) is 11.5 Å². The Morgan fingerprint density at radius 3 is 2.58 bits per heavy atom. The van der Waals surface area contributed by atoms with Crippen LogP contribution in [0, 0.1) is 0 Å². The lowest BCUT2D eigenvalue weighted by molar-refractivity contribution is 0.0603. The lowest BCUT2D eigenvalue weighted by Crippen LogP contribution is -2.43. The monoisotopic (exact) mass is 513 g/mol. The van der Waals surface area contributed by atoms with Crippen molar-refractivity contribution >= 4 is 29.3 Å². The number of halogens is 1. The molecule has 0 unspecified atom stereocenters. The summed E-state index contributed by atoms with van der Waals surface area (Å²) in [6.45, 7) is 5.33. The van der Waals surface area contributed by atoms with Crippen molar-refractivity contribution in [2.75, 3.05) is 40.0 Å². The highest BCUT2D eigenvalue weighted by molar-refractivity contribution is 6.03. The highest BCUT2D eigenvalue weighted by Crippen LogP contribution is 2.30. The second-order valence-electron chi connectivity index (χ2n) is 9.03. The number of fused-ring (bicyclic) bond motifs is 2. The SMILES string of the molecule is COC(=O)c1cccc2c1ccc(=O)n2CCN1CCC(NCc2ccc3c(c2)OCCO3)CC1.Cl. The number of carbonyl (C=O) groups is 1. The van der Waals surface area contributed by atoms with Gasteiger partial charge in [0.05, 0.1) is 18.2 Å². The summed E-state index contributed by atoms with van der Waals surface area (Å²) in [7, 11) is 1.37. The third-order valence-corrected chi connectivity index (χ3v) is 6.87. The van der Waals surface area contributed by atoms with Crippen LogP contribution in [-0.2, 0) is 17.8 Å². The predicted molar refractivity (Wildman–Crippen MR) is 141 cm³/mol. The van der Waals surface area contributed by atoms with Crippen molar-refractivity contribution in [3.05, 3.63) is 70.0 Å². The number of carbonyl (C=O) groups excluding carboxylic acids is 1. The van der Waals surface area contributed by atoms with E-state index < -0.39 is 5.97 Å². The Morgan fingerprint density at radius 1 is 1.03 bits per heavy atom. The third-order valence-electron chi connectivity index (χ3n) is 6.87. The van der Waals surface area contributed by atoms with Crippen LogP contribution in [0.5, 0.6) is 11.5 Å². The number of benzene rings is 2. The molecule has 192 valence electrons. The molecule has 2 aliphatic rings. The molecule has 2 aliphatic heterocycles. The molecule has 2 aromatic carbocycles. The number of nitrogens with one attached hydrogen (secondary N) is 1. The van der Waals surface area contributed by atoms with Crippen LogP contribution < -0.4 is 20.3 Å². The highest BCUT2D eigenvalue weighted by Gasteiger charge is 2.20. The second kappa shape index (κ2) is 11.8. The Morgan fingerprint density at radius 2 is 1.81 bits per heavy atom. The first-order valence-electron chi connectivity index (χ1n) is 12.2. The van der Waals surface area contributed by atoms with Crippen LogP contribution in [0.25, 0.3) is 10.9 Å². The molecule has 0 radical (unpaired) electrons. The van der Waals surface area contributed by atoms with Crippen molar-refractivity contribution < 1.29 is 19.0 Å². The van der Waals surface area contributed by atoms with Gasteiger partial charge in [0.1, 0.15) is 13.2 Å². The zero-order chi connectivity index (χ0) is 24.2. The summed E-state index contributed by atoms with van der Waals surface area (Å²) in [5.41, 5.74) is 2.37. The van der Waals surface area contributed by atoms with Gasteiger partial charge in [0, 0.05) is 37.1 Å². The van der Waals surface area contributed by atoms with E-state index >= 15 is 0 Å². The van der Waals surface area contributed by atoms with Gasteiger partial charge >= 0.3 is 5.97 Å². The van der Waals surface area contributed by atoms with E-state index in [0.29, 0.717) is 31.4 Å². The van der Waals surface area contributed by atoms with Gasteiger partial charge in [-0.15, -0.1) is 12.4 Å². The normalized spacial score (nSPS) is 15.9. The molecule has 0 spiro atoms. The number of nitrogens with zero attached hydrogens (tertiary/aromatic N) is 2. The number of esters is 1. The number of pyridine rings is 1. The molecule has 8 nitrogen and oxygen atoms in total. The predicted octanol–water partition coefficient (Wildman–Crippen LogP) is 3.24. The van der Waals surface area contributed by atoms with Crippen molar-refractivity contribution in [1.82, 2.24) is 14.8 Å². The van der Waals surface area contributed by atoms with E-state index in [9.17, 15) is 9.59 Å². The van der Waals surface area contributed by atoms with Crippen molar-refractivity contribution in [1.29, 1.82) is 0 Å². The number of aromatic nitrogens is 1. The van der Waals surface area contributed by atoms with Crippen LogP contribution in [0.15, 0.2) is 53.3 Å². The molecule has 0 bridgehead atoms. The van der Waals surface area contributed by atoms with Gasteiger partial charge in [-0.05, 0) is 61.8 Å². The van der Waals surface area contributed by atoms with Crippen LogP contribution in [-0.4, -0.2) is 61.4 Å². The summed E-state index contributed by atoms with van der Waals surface area (Å²) in [6.07, 6.45) is 2.11. The molecule has 3 aromatic rings. The van der Waals surface area contributed by atoms with Crippen molar-refractivity contribution in [2.24, 2.45) is 0 Å². The quantitative estimate of drug-likeness (QED) is 0.486. The number of hydrogen-bond acceptors (Lipinski definition) is 7. The molecule has 9 heteroatoms. The Balaban J connectivity index is 0.00000304. The molecule has 3 heterocycles. The largest absolute Gasteiger partial charge is 0.486 e. The zero-order valence-corrected chi connectivity index (χ0v) is 21.2.